The van der Waals surface area contributed by atoms with Crippen molar-refractivity contribution in [1.29, 1.82) is 0 Å². The maximum atomic E-state index is 11.4. The van der Waals surface area contributed by atoms with E-state index in [9.17, 15) is 4.21 Å². The van der Waals surface area contributed by atoms with Crippen LogP contribution in [0.1, 0.15) is 19.3 Å². The van der Waals surface area contributed by atoms with Gasteiger partial charge in [-0.15, -0.1) is 0 Å². The Balaban J connectivity index is 1.51. The Labute approximate surface area is 82.1 Å². The lowest BCUT2D eigenvalue weighted by atomic mass is 10.1. The van der Waals surface area contributed by atoms with Gasteiger partial charge in [-0.2, -0.15) is 0 Å². The van der Waals surface area contributed by atoms with Crippen molar-refractivity contribution in [1.82, 2.24) is 4.90 Å². The molecule has 1 aliphatic heterocycles. The summed E-state index contributed by atoms with van der Waals surface area (Å²) in [6.45, 7) is 3.16. The number of nitrogens with zero attached hydrogens (tertiary/aromatic N) is 1. The molecule has 2 aliphatic rings. The topological polar surface area (TPSA) is 46.3 Å². The summed E-state index contributed by atoms with van der Waals surface area (Å²) in [7, 11) is -0.522. The maximum absolute atomic E-state index is 11.4. The van der Waals surface area contributed by atoms with E-state index in [1.54, 1.807) is 0 Å². The van der Waals surface area contributed by atoms with Gasteiger partial charge in [0, 0.05) is 40.9 Å². The number of likely N-dealkylation sites (tertiary alicyclic amines) is 1. The summed E-state index contributed by atoms with van der Waals surface area (Å²) < 4.78 is 11.4. The highest BCUT2D eigenvalue weighted by molar-refractivity contribution is 7.85. The smallest absolute Gasteiger partial charge is 0.0348 e. The molecule has 2 fully saturated rings. The number of rotatable bonds is 5. The average Bonchev–Trinajstić information content (AvgIpc) is 2.82. The molecule has 4 heteroatoms. The summed E-state index contributed by atoms with van der Waals surface area (Å²) in [5.74, 6) is 0.899. The minimum absolute atomic E-state index is 0.397. The first-order chi connectivity index (χ1) is 6.25. The van der Waals surface area contributed by atoms with Crippen LogP contribution in [0.4, 0.5) is 0 Å². The molecule has 1 saturated heterocycles. The second-order valence-electron chi connectivity index (χ2n) is 4.16. The van der Waals surface area contributed by atoms with E-state index in [1.165, 1.54) is 12.8 Å². The highest BCUT2D eigenvalue weighted by Gasteiger charge is 2.28. The van der Waals surface area contributed by atoms with Crippen molar-refractivity contribution in [2.75, 3.05) is 25.4 Å². The first kappa shape index (κ1) is 9.62. The molecule has 1 saturated carbocycles. The van der Waals surface area contributed by atoms with Gasteiger partial charge in [-0.1, -0.05) is 0 Å². The van der Waals surface area contributed by atoms with E-state index in [4.69, 9.17) is 5.73 Å². The normalized spacial score (nSPS) is 27.2. The first-order valence-electron chi connectivity index (χ1n) is 5.11. The lowest BCUT2D eigenvalue weighted by molar-refractivity contribution is 0.152. The van der Waals surface area contributed by atoms with E-state index >= 15 is 0 Å². The van der Waals surface area contributed by atoms with E-state index in [0.717, 1.165) is 31.8 Å². The molecule has 76 valence electrons. The van der Waals surface area contributed by atoms with Gasteiger partial charge >= 0.3 is 0 Å². The van der Waals surface area contributed by atoms with Crippen molar-refractivity contribution in [2.24, 2.45) is 5.73 Å². The van der Waals surface area contributed by atoms with Gasteiger partial charge in [-0.3, -0.25) is 4.21 Å². The van der Waals surface area contributed by atoms with E-state index in [1.807, 2.05) is 0 Å². The Morgan fingerprint density at radius 1 is 1.38 bits per heavy atom. The molecule has 3 nitrogen and oxygen atoms in total. The van der Waals surface area contributed by atoms with Gasteiger partial charge in [0.2, 0.25) is 0 Å². The summed E-state index contributed by atoms with van der Waals surface area (Å²) in [6, 6.07) is 0.397. The van der Waals surface area contributed by atoms with Crippen LogP contribution < -0.4 is 5.73 Å². The van der Waals surface area contributed by atoms with E-state index < -0.39 is 10.8 Å². The predicted octanol–water partition coefficient (Wildman–Crippen LogP) is -0.0695. The van der Waals surface area contributed by atoms with Crippen LogP contribution in [0, 0.1) is 0 Å². The Morgan fingerprint density at radius 2 is 2.08 bits per heavy atom. The third-order valence-corrected chi connectivity index (χ3v) is 4.61. The van der Waals surface area contributed by atoms with Crippen LogP contribution in [0.15, 0.2) is 0 Å². The second kappa shape index (κ2) is 4.07. The zero-order chi connectivity index (χ0) is 9.26. The molecule has 0 radical (unpaired) electrons. The molecule has 1 atom stereocenters. The van der Waals surface area contributed by atoms with Crippen LogP contribution in [-0.4, -0.2) is 45.8 Å². The predicted molar refractivity (Wildman–Crippen MR) is 55.1 cm³/mol. The number of hydrogen-bond acceptors (Lipinski definition) is 3. The molecule has 0 amide bonds. The first-order valence-corrected chi connectivity index (χ1v) is 6.49. The van der Waals surface area contributed by atoms with Gasteiger partial charge in [0.15, 0.2) is 0 Å². The van der Waals surface area contributed by atoms with Gasteiger partial charge < -0.3 is 10.6 Å². The van der Waals surface area contributed by atoms with Gasteiger partial charge in [0.05, 0.1) is 0 Å². The quantitative estimate of drug-likeness (QED) is 0.679. The minimum Gasteiger partial charge on any atom is -0.325 e. The molecule has 0 aromatic carbocycles. The van der Waals surface area contributed by atoms with Crippen molar-refractivity contribution in [3.05, 3.63) is 0 Å². The Bertz CT molecular complexity index is 200. The molecule has 1 heterocycles. The van der Waals surface area contributed by atoms with Crippen LogP contribution in [0.3, 0.4) is 0 Å². The lowest BCUT2D eigenvalue weighted by Crippen LogP contribution is -2.55. The van der Waals surface area contributed by atoms with Crippen LogP contribution >= 0.6 is 0 Å². The molecular weight excluding hydrogens is 184 g/mol. The average molecular weight is 202 g/mol. The highest BCUT2D eigenvalue weighted by Crippen LogP contribution is 2.26. The zero-order valence-corrected chi connectivity index (χ0v) is 8.76. The van der Waals surface area contributed by atoms with Crippen molar-refractivity contribution in [3.63, 3.8) is 0 Å². The van der Waals surface area contributed by atoms with Crippen LogP contribution in [-0.2, 0) is 10.8 Å². The Kier molecular flexibility index (Phi) is 3.01. The Morgan fingerprint density at radius 3 is 2.62 bits per heavy atom. The molecule has 0 aromatic rings. The van der Waals surface area contributed by atoms with Gasteiger partial charge in [0.1, 0.15) is 0 Å². The largest absolute Gasteiger partial charge is 0.325 e. The van der Waals surface area contributed by atoms with Crippen molar-refractivity contribution >= 4 is 10.8 Å². The molecular formula is C9H18N2OS. The number of hydrogen-bond donors (Lipinski definition) is 1. The fourth-order valence-electron chi connectivity index (χ4n) is 1.72. The summed E-state index contributed by atoms with van der Waals surface area (Å²) >= 11 is 0. The molecule has 1 unspecified atom stereocenters. The molecule has 13 heavy (non-hydrogen) atoms. The van der Waals surface area contributed by atoms with E-state index in [-0.39, 0.29) is 0 Å². The summed E-state index contributed by atoms with van der Waals surface area (Å²) in [6.07, 6.45) is 3.47. The van der Waals surface area contributed by atoms with Crippen molar-refractivity contribution < 1.29 is 4.21 Å². The summed E-state index contributed by atoms with van der Waals surface area (Å²) in [5.41, 5.74) is 5.66. The van der Waals surface area contributed by atoms with Crippen LogP contribution in [0.2, 0.25) is 0 Å². The molecule has 1 aliphatic carbocycles. The SMILES string of the molecule is NC1CN(CCCS(=O)C2CC2)C1. The highest BCUT2D eigenvalue weighted by atomic mass is 32.2. The molecule has 2 rings (SSSR count). The fraction of sp³-hybridized carbons (Fsp3) is 1.00. The second-order valence-corrected chi connectivity index (χ2v) is 5.99. The molecule has 2 N–H and O–H groups in total. The van der Waals surface area contributed by atoms with Crippen molar-refractivity contribution in [3.8, 4) is 0 Å². The monoisotopic (exact) mass is 202 g/mol. The van der Waals surface area contributed by atoms with Gasteiger partial charge in [-0.25, -0.2) is 0 Å². The fourth-order valence-corrected chi connectivity index (χ4v) is 3.13. The third-order valence-electron chi connectivity index (χ3n) is 2.70. The molecule has 0 bridgehead atoms. The zero-order valence-electron chi connectivity index (χ0n) is 7.95. The van der Waals surface area contributed by atoms with E-state index in [0.29, 0.717) is 11.3 Å². The number of nitrogens with two attached hydrogens (primary N) is 1. The summed E-state index contributed by atoms with van der Waals surface area (Å²) in [4.78, 5) is 2.34. The van der Waals surface area contributed by atoms with Gasteiger partial charge in [0.25, 0.3) is 0 Å². The van der Waals surface area contributed by atoms with Gasteiger partial charge in [-0.05, 0) is 25.8 Å². The molecule has 0 spiro atoms. The minimum atomic E-state index is -0.522. The maximum Gasteiger partial charge on any atom is 0.0348 e. The van der Waals surface area contributed by atoms with E-state index in [2.05, 4.69) is 4.90 Å². The lowest BCUT2D eigenvalue weighted by Gasteiger charge is -2.36. The van der Waals surface area contributed by atoms with Crippen LogP contribution in [0.25, 0.3) is 0 Å². The standard InChI is InChI=1S/C9H18N2OS/c10-8-6-11(7-8)4-1-5-13(12)9-2-3-9/h8-9H,1-7,10H2. The van der Waals surface area contributed by atoms with Crippen LogP contribution in [0.5, 0.6) is 0 Å². The van der Waals surface area contributed by atoms with Crippen molar-refractivity contribution in [2.45, 2.75) is 30.6 Å². The summed E-state index contributed by atoms with van der Waals surface area (Å²) in [5, 5.41) is 0.554. The third kappa shape index (κ3) is 2.76. The Hall–Kier alpha value is 0.0700. The molecule has 0 aromatic heterocycles.